The molecule has 0 aliphatic heterocycles. The molecule has 36 heavy (non-hydrogen) atoms. The van der Waals surface area contributed by atoms with Crippen LogP contribution in [0.1, 0.15) is 0 Å². The van der Waals surface area contributed by atoms with Crippen LogP contribution in [-0.2, 0) is 0 Å². The highest BCUT2D eigenvalue weighted by atomic mass is 15.1. The van der Waals surface area contributed by atoms with Gasteiger partial charge in [0.05, 0.1) is 38.6 Å². The second-order valence-corrected chi connectivity index (χ2v) is 9.48. The lowest BCUT2D eigenvalue weighted by molar-refractivity contribution is 1.10. The summed E-state index contributed by atoms with van der Waals surface area (Å²) in [5.41, 5.74) is 7.94. The summed E-state index contributed by atoms with van der Waals surface area (Å²) in [5, 5.41) is 7.29. The number of rotatable bonds is 1. The Labute approximate surface area is 205 Å². The second kappa shape index (κ2) is 6.37. The first-order valence-electron chi connectivity index (χ1n) is 12.2. The van der Waals surface area contributed by atoms with Gasteiger partial charge in [0.1, 0.15) is 5.82 Å². The Bertz CT molecular complexity index is 2320. The molecular weight excluding hydrogens is 440 g/mol. The summed E-state index contributed by atoms with van der Waals surface area (Å²) in [6, 6.07) is 36.7. The van der Waals surface area contributed by atoms with Crippen LogP contribution in [0.4, 0.5) is 0 Å². The van der Waals surface area contributed by atoms with Crippen molar-refractivity contribution >= 4 is 70.9 Å². The minimum Gasteiger partial charge on any atom is -0.306 e. The van der Waals surface area contributed by atoms with Crippen LogP contribution in [0.5, 0.6) is 0 Å². The van der Waals surface area contributed by atoms with Gasteiger partial charge in [-0.1, -0.05) is 66.7 Å². The standard InChI is InChI=1S/C32H18N4/c1-2-9-22-21(8-1)24-12-5-13-26-32-28(31(22)35(24)26)23-10-3-4-11-25(23)36(32)27-17-16-20-15-14-19-7-6-18-33-29(19)30(20)34-27/h1-18H. The lowest BCUT2D eigenvalue weighted by Crippen LogP contribution is -1.98. The van der Waals surface area contributed by atoms with Gasteiger partial charge in [0, 0.05) is 38.5 Å². The quantitative estimate of drug-likeness (QED) is 0.235. The Kier molecular flexibility index (Phi) is 3.25. The molecule has 0 amide bonds. The van der Waals surface area contributed by atoms with Crippen LogP contribution in [-0.4, -0.2) is 18.9 Å². The molecule has 0 aliphatic rings. The first kappa shape index (κ1) is 18.4. The van der Waals surface area contributed by atoms with Gasteiger partial charge in [-0.25, -0.2) is 4.98 Å². The SMILES string of the molecule is c1cnc2c(c1)ccc1ccc(-n3c4ccccc4c4c3c3cccc5c6ccccc6c4n53)nc12. The Morgan fingerprint density at radius 1 is 0.500 bits per heavy atom. The monoisotopic (exact) mass is 458 g/mol. The Morgan fingerprint density at radius 3 is 2.14 bits per heavy atom. The lowest BCUT2D eigenvalue weighted by atomic mass is 10.1. The van der Waals surface area contributed by atoms with Crippen molar-refractivity contribution in [3.8, 4) is 5.82 Å². The van der Waals surface area contributed by atoms with Gasteiger partial charge in [-0.2, -0.15) is 0 Å². The number of pyridine rings is 3. The summed E-state index contributed by atoms with van der Waals surface area (Å²) >= 11 is 0. The third-order valence-electron chi connectivity index (χ3n) is 7.67. The van der Waals surface area contributed by atoms with E-state index in [0.29, 0.717) is 0 Å². The molecule has 0 aliphatic carbocycles. The fourth-order valence-electron chi connectivity index (χ4n) is 6.22. The predicted molar refractivity (Wildman–Crippen MR) is 149 cm³/mol. The van der Waals surface area contributed by atoms with E-state index < -0.39 is 0 Å². The average molecular weight is 459 g/mol. The fraction of sp³-hybridized carbons (Fsp3) is 0. The summed E-state index contributed by atoms with van der Waals surface area (Å²) < 4.78 is 4.76. The van der Waals surface area contributed by atoms with Crippen molar-refractivity contribution in [1.29, 1.82) is 0 Å². The number of para-hydroxylation sites is 1. The normalized spacial score (nSPS) is 12.4. The van der Waals surface area contributed by atoms with Crippen molar-refractivity contribution in [3.63, 3.8) is 0 Å². The van der Waals surface area contributed by atoms with E-state index in [2.05, 4.69) is 111 Å². The third-order valence-corrected chi connectivity index (χ3v) is 7.67. The van der Waals surface area contributed by atoms with Crippen molar-refractivity contribution in [2.24, 2.45) is 0 Å². The van der Waals surface area contributed by atoms with Crippen molar-refractivity contribution in [2.45, 2.75) is 0 Å². The van der Waals surface area contributed by atoms with Gasteiger partial charge >= 0.3 is 0 Å². The molecule has 3 aromatic carbocycles. The summed E-state index contributed by atoms with van der Waals surface area (Å²) in [5.74, 6) is 0.908. The van der Waals surface area contributed by atoms with Crippen molar-refractivity contribution in [2.75, 3.05) is 0 Å². The van der Waals surface area contributed by atoms with Crippen molar-refractivity contribution < 1.29 is 0 Å². The van der Waals surface area contributed by atoms with E-state index in [-0.39, 0.29) is 0 Å². The van der Waals surface area contributed by atoms with Crippen LogP contribution in [0, 0.1) is 0 Å². The molecule has 0 spiro atoms. The van der Waals surface area contributed by atoms with Crippen molar-refractivity contribution in [1.82, 2.24) is 18.9 Å². The van der Waals surface area contributed by atoms with E-state index in [0.717, 1.165) is 33.1 Å². The Balaban J connectivity index is 1.52. The molecule has 9 aromatic rings. The number of aromatic nitrogens is 4. The van der Waals surface area contributed by atoms with E-state index >= 15 is 0 Å². The number of nitrogens with zero attached hydrogens (tertiary/aromatic N) is 4. The zero-order chi connectivity index (χ0) is 23.4. The molecule has 6 aromatic heterocycles. The van der Waals surface area contributed by atoms with Crippen molar-refractivity contribution in [3.05, 3.63) is 109 Å². The number of fused-ring (bicyclic) bond motifs is 11. The minimum absolute atomic E-state index is 0.908. The van der Waals surface area contributed by atoms with Gasteiger partial charge in [0.15, 0.2) is 0 Å². The maximum Gasteiger partial charge on any atom is 0.138 e. The molecule has 0 bridgehead atoms. The van der Waals surface area contributed by atoms with Crippen LogP contribution in [0.2, 0.25) is 0 Å². The summed E-state index contributed by atoms with van der Waals surface area (Å²) in [6.07, 6.45) is 1.85. The largest absolute Gasteiger partial charge is 0.306 e. The molecule has 0 radical (unpaired) electrons. The minimum atomic E-state index is 0.908. The summed E-state index contributed by atoms with van der Waals surface area (Å²) in [7, 11) is 0. The lowest BCUT2D eigenvalue weighted by Gasteiger charge is -2.10. The Morgan fingerprint density at radius 2 is 1.22 bits per heavy atom. The molecule has 6 heterocycles. The topological polar surface area (TPSA) is 35.1 Å². The van der Waals surface area contributed by atoms with Gasteiger partial charge < -0.3 is 4.40 Å². The van der Waals surface area contributed by atoms with Gasteiger partial charge in [0.25, 0.3) is 0 Å². The molecular formula is C32H18N4. The maximum absolute atomic E-state index is 5.24. The highest BCUT2D eigenvalue weighted by molar-refractivity contribution is 6.30. The third kappa shape index (κ3) is 2.11. The van der Waals surface area contributed by atoms with Gasteiger partial charge in [-0.15, -0.1) is 0 Å². The fourth-order valence-corrected chi connectivity index (χ4v) is 6.22. The van der Waals surface area contributed by atoms with Gasteiger partial charge in [-0.3, -0.25) is 9.55 Å². The highest BCUT2D eigenvalue weighted by Crippen LogP contribution is 2.44. The molecule has 166 valence electrons. The van der Waals surface area contributed by atoms with E-state index in [1.807, 2.05) is 12.3 Å². The highest BCUT2D eigenvalue weighted by Gasteiger charge is 2.24. The number of hydrogen-bond donors (Lipinski definition) is 0. The summed E-state index contributed by atoms with van der Waals surface area (Å²) in [6.45, 7) is 0. The van der Waals surface area contributed by atoms with E-state index in [9.17, 15) is 0 Å². The molecule has 4 nitrogen and oxygen atoms in total. The zero-order valence-electron chi connectivity index (χ0n) is 19.2. The van der Waals surface area contributed by atoms with E-state index in [4.69, 9.17) is 4.98 Å². The van der Waals surface area contributed by atoms with Gasteiger partial charge in [0.2, 0.25) is 0 Å². The van der Waals surface area contributed by atoms with Gasteiger partial charge in [-0.05, 0) is 36.4 Å². The Hall–Kier alpha value is -4.96. The molecule has 0 unspecified atom stereocenters. The molecule has 0 saturated heterocycles. The number of hydrogen-bond acceptors (Lipinski definition) is 2. The van der Waals surface area contributed by atoms with E-state index in [1.54, 1.807) is 0 Å². The predicted octanol–water partition coefficient (Wildman–Crippen LogP) is 7.88. The molecule has 4 heteroatoms. The molecule has 0 N–H and O–H groups in total. The molecule has 0 saturated carbocycles. The van der Waals surface area contributed by atoms with Crippen LogP contribution in [0.3, 0.4) is 0 Å². The molecule has 0 fully saturated rings. The average Bonchev–Trinajstić information content (AvgIpc) is 3.57. The first-order chi connectivity index (χ1) is 17.9. The smallest absolute Gasteiger partial charge is 0.138 e. The molecule has 9 rings (SSSR count). The molecule has 0 atom stereocenters. The van der Waals surface area contributed by atoms with E-state index in [1.165, 1.54) is 43.6 Å². The maximum atomic E-state index is 5.24. The first-order valence-corrected chi connectivity index (χ1v) is 12.2. The second-order valence-electron chi connectivity index (χ2n) is 9.48. The van der Waals surface area contributed by atoms with Crippen LogP contribution >= 0.6 is 0 Å². The van der Waals surface area contributed by atoms with Crippen LogP contribution in [0.25, 0.3) is 76.8 Å². The summed E-state index contributed by atoms with van der Waals surface area (Å²) in [4.78, 5) is 9.92. The zero-order valence-corrected chi connectivity index (χ0v) is 19.2. The van der Waals surface area contributed by atoms with Crippen LogP contribution in [0.15, 0.2) is 109 Å². The van der Waals surface area contributed by atoms with Crippen LogP contribution < -0.4 is 0 Å². The number of benzene rings is 3.